The fourth-order valence-corrected chi connectivity index (χ4v) is 1.67. The molecule has 0 fully saturated rings. The lowest BCUT2D eigenvalue weighted by atomic mass is 10.4. The van der Waals surface area contributed by atoms with Crippen LogP contribution in [0.5, 0.6) is 0 Å². The number of halogens is 1. The largest absolute Gasteiger partial charge is 0.369 e. The molecular weight excluding hydrogens is 210 g/mol. The molecule has 0 radical (unpaired) electrons. The topological polar surface area (TPSA) is 60.2 Å². The first-order chi connectivity index (χ1) is 5.70. The van der Waals surface area contributed by atoms with E-state index in [1.807, 2.05) is 6.07 Å². The highest BCUT2D eigenvalue weighted by Gasteiger charge is 2.05. The van der Waals surface area contributed by atoms with Crippen molar-refractivity contribution in [3.63, 3.8) is 0 Å². The van der Waals surface area contributed by atoms with Crippen LogP contribution in [-0.2, 0) is 15.6 Å². The Morgan fingerprint density at radius 3 is 2.31 bits per heavy atom. The van der Waals surface area contributed by atoms with Crippen molar-refractivity contribution in [1.29, 1.82) is 0 Å². The quantitative estimate of drug-likeness (QED) is 0.814. The SMILES string of the molecule is Cl.NC(=O)CS(=O)c1ccccc1. The molecule has 0 saturated carbocycles. The van der Waals surface area contributed by atoms with Crippen LogP contribution in [0.2, 0.25) is 0 Å². The summed E-state index contributed by atoms with van der Waals surface area (Å²) in [6, 6.07) is 8.78. The van der Waals surface area contributed by atoms with Crippen LogP contribution < -0.4 is 5.73 Å². The van der Waals surface area contributed by atoms with E-state index in [2.05, 4.69) is 0 Å². The first-order valence-corrected chi connectivity index (χ1v) is 4.74. The van der Waals surface area contributed by atoms with E-state index in [1.165, 1.54) is 0 Å². The first kappa shape index (κ1) is 12.1. The van der Waals surface area contributed by atoms with Crippen LogP contribution in [0.4, 0.5) is 0 Å². The molecule has 13 heavy (non-hydrogen) atoms. The van der Waals surface area contributed by atoms with Crippen LogP contribution in [0.15, 0.2) is 35.2 Å². The maximum Gasteiger partial charge on any atom is 0.230 e. The van der Waals surface area contributed by atoms with Crippen molar-refractivity contribution < 1.29 is 9.00 Å². The summed E-state index contributed by atoms with van der Waals surface area (Å²) >= 11 is 0. The van der Waals surface area contributed by atoms with E-state index in [9.17, 15) is 9.00 Å². The summed E-state index contributed by atoms with van der Waals surface area (Å²) in [5, 5.41) is 0. The molecule has 0 aromatic heterocycles. The highest BCUT2D eigenvalue weighted by atomic mass is 35.5. The molecule has 1 atom stereocenters. The summed E-state index contributed by atoms with van der Waals surface area (Å²) in [4.78, 5) is 11.0. The van der Waals surface area contributed by atoms with Gasteiger partial charge in [-0.2, -0.15) is 0 Å². The Morgan fingerprint density at radius 1 is 1.31 bits per heavy atom. The third-order valence-electron chi connectivity index (χ3n) is 1.28. The first-order valence-electron chi connectivity index (χ1n) is 3.42. The molecule has 1 aromatic carbocycles. The van der Waals surface area contributed by atoms with Crippen molar-refractivity contribution in [2.24, 2.45) is 5.73 Å². The summed E-state index contributed by atoms with van der Waals surface area (Å²) in [5.41, 5.74) is 4.90. The monoisotopic (exact) mass is 219 g/mol. The number of hydrogen-bond acceptors (Lipinski definition) is 2. The molecule has 0 aliphatic carbocycles. The molecule has 0 heterocycles. The number of carbonyl (C=O) groups is 1. The van der Waals surface area contributed by atoms with Crippen molar-refractivity contribution in [3.8, 4) is 0 Å². The smallest absolute Gasteiger partial charge is 0.230 e. The average molecular weight is 220 g/mol. The highest BCUT2D eigenvalue weighted by Crippen LogP contribution is 2.04. The molecule has 0 aliphatic rings. The zero-order valence-corrected chi connectivity index (χ0v) is 8.44. The third-order valence-corrected chi connectivity index (χ3v) is 2.62. The van der Waals surface area contributed by atoms with Gasteiger partial charge >= 0.3 is 0 Å². The second-order valence-corrected chi connectivity index (χ2v) is 3.72. The number of amides is 1. The molecule has 1 rings (SSSR count). The van der Waals surface area contributed by atoms with Gasteiger partial charge in [-0.3, -0.25) is 9.00 Å². The van der Waals surface area contributed by atoms with E-state index >= 15 is 0 Å². The minimum absolute atomic E-state index is 0. The van der Waals surface area contributed by atoms with Crippen molar-refractivity contribution in [1.82, 2.24) is 0 Å². The molecule has 1 amide bonds. The van der Waals surface area contributed by atoms with E-state index in [1.54, 1.807) is 24.3 Å². The minimum atomic E-state index is -1.29. The van der Waals surface area contributed by atoms with Crippen LogP contribution in [0.25, 0.3) is 0 Å². The van der Waals surface area contributed by atoms with Gasteiger partial charge in [0.1, 0.15) is 5.75 Å². The highest BCUT2D eigenvalue weighted by molar-refractivity contribution is 7.85. The van der Waals surface area contributed by atoms with E-state index in [0.717, 1.165) is 0 Å². The van der Waals surface area contributed by atoms with Gasteiger partial charge in [-0.25, -0.2) is 0 Å². The lowest BCUT2D eigenvalue weighted by Crippen LogP contribution is -2.19. The lowest BCUT2D eigenvalue weighted by Gasteiger charge is -1.97. The number of benzene rings is 1. The molecule has 0 spiro atoms. The summed E-state index contributed by atoms with van der Waals surface area (Å²) in [5.74, 6) is -0.651. The van der Waals surface area contributed by atoms with Gasteiger partial charge in [0.2, 0.25) is 5.91 Å². The minimum Gasteiger partial charge on any atom is -0.369 e. The molecule has 1 unspecified atom stereocenters. The Morgan fingerprint density at radius 2 is 1.85 bits per heavy atom. The maximum absolute atomic E-state index is 11.3. The number of hydrogen-bond donors (Lipinski definition) is 1. The van der Waals surface area contributed by atoms with Gasteiger partial charge in [-0.05, 0) is 12.1 Å². The molecular formula is C8H10ClNO2S. The molecule has 72 valence electrons. The van der Waals surface area contributed by atoms with Gasteiger partial charge < -0.3 is 5.73 Å². The number of carbonyl (C=O) groups excluding carboxylic acids is 1. The van der Waals surface area contributed by atoms with Crippen molar-refractivity contribution in [2.75, 3.05) is 5.75 Å². The van der Waals surface area contributed by atoms with Crippen LogP contribution in [0.1, 0.15) is 0 Å². The second kappa shape index (κ2) is 5.72. The molecule has 2 N–H and O–H groups in total. The predicted molar refractivity (Wildman–Crippen MR) is 54.2 cm³/mol. The predicted octanol–water partition coefficient (Wildman–Crippen LogP) is 0.701. The van der Waals surface area contributed by atoms with Crippen molar-refractivity contribution in [3.05, 3.63) is 30.3 Å². The second-order valence-electron chi connectivity index (χ2n) is 2.27. The fourth-order valence-electron chi connectivity index (χ4n) is 0.785. The van der Waals surface area contributed by atoms with Gasteiger partial charge in [0.15, 0.2) is 0 Å². The lowest BCUT2D eigenvalue weighted by molar-refractivity contribution is -0.115. The maximum atomic E-state index is 11.3. The molecule has 0 saturated heterocycles. The van der Waals surface area contributed by atoms with Crippen LogP contribution >= 0.6 is 12.4 Å². The van der Waals surface area contributed by atoms with E-state index in [-0.39, 0.29) is 18.2 Å². The Balaban J connectivity index is 0.00000144. The van der Waals surface area contributed by atoms with Gasteiger partial charge in [0.05, 0.1) is 10.8 Å². The Hall–Kier alpha value is -0.870. The molecule has 0 bridgehead atoms. The Kier molecular flexibility index (Phi) is 5.34. The summed E-state index contributed by atoms with van der Waals surface area (Å²) in [7, 11) is -1.29. The van der Waals surface area contributed by atoms with Gasteiger partial charge in [-0.1, -0.05) is 18.2 Å². The van der Waals surface area contributed by atoms with Gasteiger partial charge in [-0.15, -0.1) is 12.4 Å². The molecule has 3 nitrogen and oxygen atoms in total. The van der Waals surface area contributed by atoms with Crippen LogP contribution in [0, 0.1) is 0 Å². The van der Waals surface area contributed by atoms with Crippen molar-refractivity contribution in [2.45, 2.75) is 4.90 Å². The summed E-state index contributed by atoms with van der Waals surface area (Å²) in [6.45, 7) is 0. The number of primary amides is 1. The van der Waals surface area contributed by atoms with Crippen molar-refractivity contribution >= 4 is 29.1 Å². The zero-order chi connectivity index (χ0) is 8.97. The third kappa shape index (κ3) is 4.05. The Labute approximate surface area is 85.2 Å². The van der Waals surface area contributed by atoms with Crippen LogP contribution in [0.3, 0.4) is 0 Å². The van der Waals surface area contributed by atoms with E-state index in [0.29, 0.717) is 4.90 Å². The van der Waals surface area contributed by atoms with Crippen LogP contribution in [-0.4, -0.2) is 15.9 Å². The fraction of sp³-hybridized carbons (Fsp3) is 0.125. The zero-order valence-electron chi connectivity index (χ0n) is 6.80. The Bertz CT molecular complexity index is 302. The number of nitrogens with two attached hydrogens (primary N) is 1. The van der Waals surface area contributed by atoms with E-state index < -0.39 is 16.7 Å². The summed E-state index contributed by atoms with van der Waals surface area (Å²) in [6.07, 6.45) is 0. The van der Waals surface area contributed by atoms with Gasteiger partial charge in [0, 0.05) is 4.90 Å². The summed E-state index contributed by atoms with van der Waals surface area (Å²) < 4.78 is 11.3. The molecule has 1 aromatic rings. The molecule has 0 aliphatic heterocycles. The van der Waals surface area contributed by atoms with E-state index in [4.69, 9.17) is 5.73 Å². The van der Waals surface area contributed by atoms with Gasteiger partial charge in [0.25, 0.3) is 0 Å². The average Bonchev–Trinajstić information content (AvgIpc) is 2.05. The standard InChI is InChI=1S/C8H9NO2S.ClH/c9-8(10)6-12(11)7-4-2-1-3-5-7;/h1-5H,6H2,(H2,9,10);1H. The number of rotatable bonds is 3. The molecule has 5 heteroatoms. The normalized spacial score (nSPS) is 11.4.